The third kappa shape index (κ3) is 37.6. The summed E-state index contributed by atoms with van der Waals surface area (Å²) in [4.78, 5) is 34.7. The second-order valence-electron chi connectivity index (χ2n) is 13.3. The number of esters is 2. The van der Waals surface area contributed by atoms with Crippen molar-refractivity contribution < 1.29 is 37.6 Å². The van der Waals surface area contributed by atoms with Crippen LogP contribution in [0.15, 0.2) is 48.6 Å². The Morgan fingerprint density at radius 3 is 1.51 bits per heavy atom. The first-order chi connectivity index (χ1) is 24.8. The number of unbranched alkanes of at least 4 members (excludes halogenated alkanes) is 17. The van der Waals surface area contributed by atoms with Crippen LogP contribution in [0.3, 0.4) is 0 Å². The molecule has 9 heteroatoms. The highest BCUT2D eigenvalue weighted by Gasteiger charge is 2.25. The molecule has 2 unspecified atom stereocenters. The fourth-order valence-corrected chi connectivity index (χ4v) is 6.20. The number of hydrogen-bond acceptors (Lipinski definition) is 7. The van der Waals surface area contributed by atoms with Gasteiger partial charge in [-0.15, -0.1) is 0 Å². The molecule has 0 saturated heterocycles. The lowest BCUT2D eigenvalue weighted by Crippen LogP contribution is -2.29. The van der Waals surface area contributed by atoms with Crippen molar-refractivity contribution in [2.24, 2.45) is 0 Å². The molecule has 296 valence electrons. The van der Waals surface area contributed by atoms with E-state index < -0.39 is 26.5 Å². The summed E-state index contributed by atoms with van der Waals surface area (Å²) in [7, 11) is -4.28. The van der Waals surface area contributed by atoms with E-state index in [9.17, 15) is 19.0 Å². The lowest BCUT2D eigenvalue weighted by Gasteiger charge is -2.19. The Labute approximate surface area is 312 Å². The van der Waals surface area contributed by atoms with Crippen LogP contribution in [0.1, 0.15) is 181 Å². The quantitative estimate of drug-likeness (QED) is 0.0290. The van der Waals surface area contributed by atoms with Crippen LogP contribution in [-0.4, -0.2) is 42.8 Å². The molecule has 0 spiro atoms. The maximum absolute atomic E-state index is 12.5. The maximum atomic E-state index is 12.5. The van der Waals surface area contributed by atoms with Crippen LogP contribution >= 0.6 is 7.82 Å². The minimum Gasteiger partial charge on any atom is -0.462 e. The molecule has 0 aromatic carbocycles. The Morgan fingerprint density at radius 1 is 0.549 bits per heavy atom. The summed E-state index contributed by atoms with van der Waals surface area (Å²) in [5.74, 6) is -0.824. The minimum absolute atomic E-state index is 0.00526. The van der Waals surface area contributed by atoms with Crippen molar-refractivity contribution in [3.63, 3.8) is 0 Å². The van der Waals surface area contributed by atoms with Crippen LogP contribution < -0.4 is 0 Å². The van der Waals surface area contributed by atoms with Gasteiger partial charge in [-0.05, 0) is 58.3 Å². The summed E-state index contributed by atoms with van der Waals surface area (Å²) in [5, 5.41) is 0. The highest BCUT2D eigenvalue weighted by atomic mass is 31.2. The highest BCUT2D eigenvalue weighted by Crippen LogP contribution is 2.43. The molecule has 0 aliphatic carbocycles. The van der Waals surface area contributed by atoms with Gasteiger partial charge in [0.05, 0.1) is 13.2 Å². The van der Waals surface area contributed by atoms with E-state index in [1.165, 1.54) is 70.6 Å². The van der Waals surface area contributed by atoms with Crippen LogP contribution in [-0.2, 0) is 32.7 Å². The van der Waals surface area contributed by atoms with Crippen molar-refractivity contribution in [1.29, 1.82) is 0 Å². The number of hydrogen-bond donors (Lipinski definition) is 1. The van der Waals surface area contributed by atoms with E-state index in [4.69, 9.17) is 18.5 Å². The standard InChI is InChI=1S/C42H75O8P/c1-4-7-9-11-13-15-17-19-21-22-23-25-27-29-31-33-35-37-42(44)50-40(39-49-51(45,46)48-6-3)38-47-41(43)36-34-32-30-28-26-24-20-18-16-14-12-10-8-5-2/h7,9,13,15,19,21,23,25,40H,4-6,8,10-12,14,16-18,20,22,24,26-39H2,1-3H3,(H,45,46)/b9-7-,15-13-,21-19-,25-23-. The molecule has 0 aliphatic heterocycles. The van der Waals surface area contributed by atoms with Crippen LogP contribution in [0.2, 0.25) is 0 Å². The SMILES string of the molecule is CC/C=C\C/C=C\C/C=C\C/C=C\CCCCCCC(=O)OC(COC(=O)CCCCCCCCCCCCCCCC)COP(=O)(O)OCC. The zero-order valence-corrected chi connectivity index (χ0v) is 33.6. The van der Waals surface area contributed by atoms with Gasteiger partial charge in [-0.3, -0.25) is 18.6 Å². The maximum Gasteiger partial charge on any atom is 0.472 e. The van der Waals surface area contributed by atoms with Crippen molar-refractivity contribution in [2.45, 2.75) is 187 Å². The summed E-state index contributed by atoms with van der Waals surface area (Å²) in [6, 6.07) is 0. The van der Waals surface area contributed by atoms with Gasteiger partial charge in [0.2, 0.25) is 0 Å². The lowest BCUT2D eigenvalue weighted by molar-refractivity contribution is -0.161. The average molecular weight is 739 g/mol. The minimum atomic E-state index is -4.28. The van der Waals surface area contributed by atoms with E-state index in [1.807, 2.05) is 0 Å². The summed E-state index contributed by atoms with van der Waals surface area (Å²) in [6.45, 7) is 5.33. The molecule has 0 radical (unpaired) electrons. The molecule has 0 saturated carbocycles. The highest BCUT2D eigenvalue weighted by molar-refractivity contribution is 7.47. The molecule has 0 aromatic heterocycles. The van der Waals surface area contributed by atoms with Crippen molar-refractivity contribution in [1.82, 2.24) is 0 Å². The zero-order valence-electron chi connectivity index (χ0n) is 32.7. The molecule has 0 amide bonds. The third-order valence-electron chi connectivity index (χ3n) is 8.40. The van der Waals surface area contributed by atoms with E-state index in [1.54, 1.807) is 6.92 Å². The Balaban J connectivity index is 4.16. The largest absolute Gasteiger partial charge is 0.472 e. The number of ether oxygens (including phenoxy) is 2. The fraction of sp³-hybridized carbons (Fsp3) is 0.762. The molecule has 0 aromatic rings. The molecule has 0 aliphatic rings. The van der Waals surface area contributed by atoms with Crippen molar-refractivity contribution in [3.8, 4) is 0 Å². The first-order valence-electron chi connectivity index (χ1n) is 20.4. The molecule has 0 fully saturated rings. The van der Waals surface area contributed by atoms with Crippen molar-refractivity contribution >= 4 is 19.8 Å². The van der Waals surface area contributed by atoms with Gasteiger partial charge in [-0.1, -0.05) is 159 Å². The second-order valence-corrected chi connectivity index (χ2v) is 14.7. The Bertz CT molecular complexity index is 974. The Kier molecular flexibility index (Phi) is 36.3. The average Bonchev–Trinajstić information content (AvgIpc) is 3.10. The predicted octanol–water partition coefficient (Wildman–Crippen LogP) is 12.6. The third-order valence-corrected chi connectivity index (χ3v) is 9.46. The molecule has 0 bridgehead atoms. The fourth-order valence-electron chi connectivity index (χ4n) is 5.44. The molecular weight excluding hydrogens is 663 g/mol. The molecule has 0 heterocycles. The number of phosphoric ester groups is 1. The molecule has 51 heavy (non-hydrogen) atoms. The van der Waals surface area contributed by atoms with Crippen molar-refractivity contribution in [2.75, 3.05) is 19.8 Å². The first kappa shape index (κ1) is 49.0. The second kappa shape index (κ2) is 37.8. The van der Waals surface area contributed by atoms with Gasteiger partial charge in [0.25, 0.3) is 0 Å². The Morgan fingerprint density at radius 2 is 1.00 bits per heavy atom. The Hall–Kier alpha value is -1.99. The van der Waals surface area contributed by atoms with Gasteiger partial charge < -0.3 is 14.4 Å². The van der Waals surface area contributed by atoms with Crippen molar-refractivity contribution in [3.05, 3.63) is 48.6 Å². The molecule has 2 atom stereocenters. The van der Waals surface area contributed by atoms with Crippen LogP contribution in [0.4, 0.5) is 0 Å². The number of carbonyl (C=O) groups is 2. The van der Waals surface area contributed by atoms with E-state index >= 15 is 0 Å². The molecule has 0 rings (SSSR count). The number of phosphoric acid groups is 1. The topological polar surface area (TPSA) is 108 Å². The number of carbonyl (C=O) groups excluding carboxylic acids is 2. The van der Waals surface area contributed by atoms with Gasteiger partial charge in [0.1, 0.15) is 6.61 Å². The molecule has 8 nitrogen and oxygen atoms in total. The van der Waals surface area contributed by atoms with E-state index in [0.29, 0.717) is 6.42 Å². The summed E-state index contributed by atoms with van der Waals surface area (Å²) in [6.07, 6.45) is 43.0. The van der Waals surface area contributed by atoms with Gasteiger partial charge >= 0.3 is 19.8 Å². The summed E-state index contributed by atoms with van der Waals surface area (Å²) >= 11 is 0. The normalized spacial score (nSPS) is 13.9. The first-order valence-corrected chi connectivity index (χ1v) is 21.9. The zero-order chi connectivity index (χ0) is 37.5. The van der Waals surface area contributed by atoms with E-state index in [-0.39, 0.29) is 32.0 Å². The van der Waals surface area contributed by atoms with Gasteiger partial charge in [-0.2, -0.15) is 0 Å². The summed E-state index contributed by atoms with van der Waals surface area (Å²) < 4.78 is 32.6. The number of allylic oxidation sites excluding steroid dienone is 8. The van der Waals surface area contributed by atoms with Crippen LogP contribution in [0, 0.1) is 0 Å². The predicted molar refractivity (Wildman–Crippen MR) is 212 cm³/mol. The smallest absolute Gasteiger partial charge is 0.462 e. The summed E-state index contributed by atoms with van der Waals surface area (Å²) in [5.41, 5.74) is 0. The van der Waals surface area contributed by atoms with Gasteiger partial charge in [-0.25, -0.2) is 4.57 Å². The lowest BCUT2D eigenvalue weighted by atomic mass is 10.0. The van der Waals surface area contributed by atoms with E-state index in [0.717, 1.165) is 70.6 Å². The number of rotatable bonds is 37. The van der Waals surface area contributed by atoms with E-state index in [2.05, 4.69) is 62.5 Å². The van der Waals surface area contributed by atoms with Gasteiger partial charge in [0.15, 0.2) is 6.10 Å². The molecular formula is C42H75O8P. The van der Waals surface area contributed by atoms with Gasteiger partial charge in [0, 0.05) is 12.8 Å². The van der Waals surface area contributed by atoms with Crippen LogP contribution in [0.25, 0.3) is 0 Å². The molecule has 1 N–H and O–H groups in total. The monoisotopic (exact) mass is 739 g/mol. The van der Waals surface area contributed by atoms with Crippen LogP contribution in [0.5, 0.6) is 0 Å².